The maximum absolute atomic E-state index is 13.1. The largest absolute Gasteiger partial charge is 0.395 e. The minimum absolute atomic E-state index is 0.00894. The van der Waals surface area contributed by atoms with Crippen LogP contribution in [0.3, 0.4) is 0 Å². The summed E-state index contributed by atoms with van der Waals surface area (Å²) in [5.41, 5.74) is 8.31. The van der Waals surface area contributed by atoms with Gasteiger partial charge in [0.1, 0.15) is 0 Å². The Hall–Kier alpha value is -2.08. The molecule has 2 amide bonds. The van der Waals surface area contributed by atoms with Gasteiger partial charge in [-0.15, -0.1) is 0 Å². The highest BCUT2D eigenvalue weighted by molar-refractivity contribution is 6.32. The molecule has 35 heavy (non-hydrogen) atoms. The van der Waals surface area contributed by atoms with Gasteiger partial charge in [0.2, 0.25) is 11.8 Å². The van der Waals surface area contributed by atoms with Crippen molar-refractivity contribution >= 4 is 34.9 Å². The maximum Gasteiger partial charge on any atom is 0.246 e. The summed E-state index contributed by atoms with van der Waals surface area (Å²) in [5, 5.41) is 3.54. The first kappa shape index (κ1) is 24.6. The number of hydrogen-bond donors (Lipinski definition) is 2. The van der Waals surface area contributed by atoms with Gasteiger partial charge in [-0.3, -0.25) is 9.59 Å². The van der Waals surface area contributed by atoms with Gasteiger partial charge < -0.3 is 16.0 Å². The number of fused-ring (bicyclic) bond motifs is 5. The number of nitrogens with one attached hydrogen (secondary N) is 1. The van der Waals surface area contributed by atoms with Gasteiger partial charge in [0.05, 0.1) is 16.4 Å². The summed E-state index contributed by atoms with van der Waals surface area (Å²) in [5.74, 6) is 2.81. The number of aryl methyl sites for hydroxylation is 1. The second kappa shape index (κ2) is 8.50. The lowest BCUT2D eigenvalue weighted by molar-refractivity contribution is -0.139. The van der Waals surface area contributed by atoms with Crippen LogP contribution in [0.2, 0.25) is 5.02 Å². The summed E-state index contributed by atoms with van der Waals surface area (Å²) < 4.78 is 0. The fourth-order valence-corrected chi connectivity index (χ4v) is 8.67. The molecule has 7 atom stereocenters. The van der Waals surface area contributed by atoms with Crippen LogP contribution in [0.15, 0.2) is 12.2 Å². The number of carbonyl (C=O) groups is 2. The second-order valence-corrected chi connectivity index (χ2v) is 12.5. The molecule has 0 aromatic carbocycles. The normalized spacial score (nSPS) is 38.1. The SMILES string of the molecule is Cc1nc(NC(=O)C[C@H]2CC[C@H]3[C@@H]4CC[C@H]5N(C)C(=O)C=C[C@]5(C)[C@H]4CC[C@]23C)c(N)c(C)c1Cl. The van der Waals surface area contributed by atoms with E-state index in [1.807, 2.05) is 25.8 Å². The summed E-state index contributed by atoms with van der Waals surface area (Å²) in [6, 6.07) is 0.304. The average Bonchev–Trinajstić information content (AvgIpc) is 3.14. The van der Waals surface area contributed by atoms with Crippen LogP contribution >= 0.6 is 11.6 Å². The molecule has 190 valence electrons. The van der Waals surface area contributed by atoms with E-state index in [0.717, 1.165) is 24.8 Å². The molecule has 4 aliphatic rings. The number of likely N-dealkylation sites (N-methyl/N-ethyl adjacent to an activating group) is 1. The molecule has 3 saturated carbocycles. The molecule has 0 radical (unpaired) electrons. The Morgan fingerprint density at radius 2 is 1.94 bits per heavy atom. The van der Waals surface area contributed by atoms with E-state index in [-0.39, 0.29) is 22.6 Å². The van der Waals surface area contributed by atoms with E-state index in [1.165, 1.54) is 19.3 Å². The zero-order chi connectivity index (χ0) is 25.3. The Balaban J connectivity index is 1.32. The molecule has 3 N–H and O–H groups in total. The van der Waals surface area contributed by atoms with E-state index >= 15 is 0 Å². The Bertz CT molecular complexity index is 1100. The van der Waals surface area contributed by atoms with Gasteiger partial charge >= 0.3 is 0 Å². The van der Waals surface area contributed by atoms with Gasteiger partial charge in [-0.05, 0) is 93.1 Å². The summed E-state index contributed by atoms with van der Waals surface area (Å²) in [4.78, 5) is 31.9. The first-order valence-corrected chi connectivity index (χ1v) is 13.5. The minimum atomic E-state index is -0.00894. The fraction of sp³-hybridized carbons (Fsp3) is 0.679. The highest BCUT2D eigenvalue weighted by Gasteiger charge is 2.60. The number of pyridine rings is 1. The molecule has 2 heterocycles. The third-order valence-corrected chi connectivity index (χ3v) is 11.2. The summed E-state index contributed by atoms with van der Waals surface area (Å²) in [6.45, 7) is 8.50. The number of rotatable bonds is 3. The quantitative estimate of drug-likeness (QED) is 0.574. The van der Waals surface area contributed by atoms with Gasteiger partial charge in [0.15, 0.2) is 5.82 Å². The van der Waals surface area contributed by atoms with Crippen molar-refractivity contribution < 1.29 is 9.59 Å². The number of aromatic nitrogens is 1. The summed E-state index contributed by atoms with van der Waals surface area (Å²) >= 11 is 6.27. The number of nitrogens with zero attached hydrogens (tertiary/aromatic N) is 2. The highest BCUT2D eigenvalue weighted by atomic mass is 35.5. The average molecular weight is 499 g/mol. The molecule has 6 nitrogen and oxygen atoms in total. The number of anilines is 2. The van der Waals surface area contributed by atoms with Crippen LogP contribution in [0.25, 0.3) is 0 Å². The molecule has 3 fully saturated rings. The third-order valence-electron chi connectivity index (χ3n) is 10.6. The van der Waals surface area contributed by atoms with Crippen molar-refractivity contribution in [3.63, 3.8) is 0 Å². The van der Waals surface area contributed by atoms with Crippen LogP contribution in [0.1, 0.15) is 70.1 Å². The van der Waals surface area contributed by atoms with Crippen LogP contribution in [-0.2, 0) is 9.59 Å². The molecule has 3 aliphatic carbocycles. The molecule has 1 aromatic rings. The molecule has 0 spiro atoms. The summed E-state index contributed by atoms with van der Waals surface area (Å²) in [6.07, 6.45) is 11.4. The van der Waals surface area contributed by atoms with Crippen LogP contribution in [0, 0.1) is 48.3 Å². The molecule has 1 aromatic heterocycles. The predicted molar refractivity (Wildman–Crippen MR) is 140 cm³/mol. The Labute approximate surface area is 214 Å². The molecule has 0 saturated heterocycles. The zero-order valence-corrected chi connectivity index (χ0v) is 22.4. The van der Waals surface area contributed by atoms with Crippen molar-refractivity contribution in [3.8, 4) is 0 Å². The van der Waals surface area contributed by atoms with Gasteiger partial charge in [0, 0.05) is 24.9 Å². The standard InChI is InChI=1S/C28H39ClN4O2/c1-15-24(29)16(2)31-26(25(15)30)32-22(34)14-17-6-8-19-18-7-9-21-28(4,13-11-23(35)33(21)5)20(18)10-12-27(17,19)3/h11,13,17-21H,6-10,12,14,30H2,1-5H3,(H,31,32,34)/t17-,18+,19+,20+,21-,27-,28-/m1/s1. The zero-order valence-electron chi connectivity index (χ0n) is 21.7. The number of carbonyl (C=O) groups excluding carboxylic acids is 2. The molecule has 1 aliphatic heterocycles. The highest BCUT2D eigenvalue weighted by Crippen LogP contribution is 2.66. The van der Waals surface area contributed by atoms with E-state index in [2.05, 4.69) is 30.2 Å². The Morgan fingerprint density at radius 3 is 2.69 bits per heavy atom. The second-order valence-electron chi connectivity index (χ2n) is 12.1. The smallest absolute Gasteiger partial charge is 0.246 e. The number of amides is 2. The van der Waals surface area contributed by atoms with Crippen molar-refractivity contribution in [2.45, 2.75) is 78.7 Å². The number of nitrogen functional groups attached to an aromatic ring is 1. The molecule has 5 rings (SSSR count). The molecule has 0 bridgehead atoms. The first-order chi connectivity index (χ1) is 16.5. The van der Waals surface area contributed by atoms with Gasteiger partial charge in [0.25, 0.3) is 0 Å². The van der Waals surface area contributed by atoms with E-state index in [9.17, 15) is 9.59 Å². The van der Waals surface area contributed by atoms with E-state index < -0.39 is 0 Å². The topological polar surface area (TPSA) is 88.3 Å². The molecule has 7 heteroatoms. The lowest BCUT2D eigenvalue weighted by Gasteiger charge is -2.60. The predicted octanol–water partition coefficient (Wildman–Crippen LogP) is 5.52. The van der Waals surface area contributed by atoms with Crippen LogP contribution < -0.4 is 11.1 Å². The minimum Gasteiger partial charge on any atom is -0.395 e. The van der Waals surface area contributed by atoms with Crippen LogP contribution in [0.4, 0.5) is 11.5 Å². The van der Waals surface area contributed by atoms with Crippen molar-refractivity contribution in [2.75, 3.05) is 18.1 Å². The lowest BCUT2D eigenvalue weighted by Crippen LogP contribution is -2.59. The number of hydrogen-bond acceptors (Lipinski definition) is 4. The van der Waals surface area contributed by atoms with E-state index in [1.54, 1.807) is 6.08 Å². The van der Waals surface area contributed by atoms with Crippen molar-refractivity contribution in [2.24, 2.45) is 34.5 Å². The number of halogens is 1. The molecular formula is C28H39ClN4O2. The van der Waals surface area contributed by atoms with E-state index in [4.69, 9.17) is 17.3 Å². The molecular weight excluding hydrogens is 460 g/mol. The number of nitrogens with two attached hydrogens (primary N) is 1. The van der Waals surface area contributed by atoms with Crippen molar-refractivity contribution in [1.29, 1.82) is 0 Å². The van der Waals surface area contributed by atoms with E-state index in [0.29, 0.717) is 58.4 Å². The Kier molecular flexibility index (Phi) is 5.98. The molecule has 0 unspecified atom stereocenters. The van der Waals surface area contributed by atoms with Crippen LogP contribution in [0.5, 0.6) is 0 Å². The first-order valence-electron chi connectivity index (χ1n) is 13.2. The summed E-state index contributed by atoms with van der Waals surface area (Å²) in [7, 11) is 1.97. The fourth-order valence-electron chi connectivity index (χ4n) is 8.53. The Morgan fingerprint density at radius 1 is 1.20 bits per heavy atom. The monoisotopic (exact) mass is 498 g/mol. The van der Waals surface area contributed by atoms with Crippen LogP contribution in [-0.4, -0.2) is 34.8 Å². The van der Waals surface area contributed by atoms with Crippen molar-refractivity contribution in [1.82, 2.24) is 9.88 Å². The van der Waals surface area contributed by atoms with Gasteiger partial charge in [-0.25, -0.2) is 4.98 Å². The van der Waals surface area contributed by atoms with Crippen molar-refractivity contribution in [3.05, 3.63) is 28.4 Å². The lowest BCUT2D eigenvalue weighted by atomic mass is 9.47. The third kappa shape index (κ3) is 3.70. The van der Waals surface area contributed by atoms with Gasteiger partial charge in [-0.1, -0.05) is 31.5 Å². The van der Waals surface area contributed by atoms with Gasteiger partial charge in [-0.2, -0.15) is 0 Å². The maximum atomic E-state index is 13.1.